The molecule has 0 bridgehead atoms. The van der Waals surface area contributed by atoms with Crippen LogP contribution in [0.15, 0.2) is 61.9 Å². The number of benzene rings is 2. The second-order valence-corrected chi connectivity index (χ2v) is 8.39. The van der Waals surface area contributed by atoms with E-state index >= 15 is 0 Å². The summed E-state index contributed by atoms with van der Waals surface area (Å²) in [7, 11) is 1.89. The van der Waals surface area contributed by atoms with Crippen LogP contribution >= 0.6 is 43.6 Å². The Morgan fingerprint density at radius 2 is 1.96 bits per heavy atom. The maximum absolute atomic E-state index is 12.2. The van der Waals surface area contributed by atoms with Gasteiger partial charge in [0.05, 0.1) is 15.2 Å². The van der Waals surface area contributed by atoms with Crippen molar-refractivity contribution in [3.05, 3.63) is 68.4 Å². The van der Waals surface area contributed by atoms with Crippen molar-refractivity contribution in [2.75, 3.05) is 0 Å². The van der Waals surface area contributed by atoms with Gasteiger partial charge in [0.2, 0.25) is 0 Å². The standard InChI is InChI=1S/C18H15Br2N5O2S/c1-25-10-22-24-18(25)28-9-11-2-4-13(5-3-11)17(27)23-21-8-12-6-14(19)16(26)15(20)7-12/h2-8,10,26H,9H2,1H3,(H,23,27)/b21-8+. The number of phenolic OH excluding ortho intramolecular Hbond substituents is 1. The average molecular weight is 525 g/mol. The van der Waals surface area contributed by atoms with Crippen LogP contribution < -0.4 is 5.43 Å². The highest BCUT2D eigenvalue weighted by Gasteiger charge is 2.07. The number of rotatable bonds is 6. The first-order valence-electron chi connectivity index (χ1n) is 8.01. The second kappa shape index (κ2) is 9.35. The van der Waals surface area contributed by atoms with Crippen LogP contribution in [0.4, 0.5) is 0 Å². The molecule has 0 aliphatic carbocycles. The number of carbonyl (C=O) groups excluding carboxylic acids is 1. The van der Waals surface area contributed by atoms with Gasteiger partial charge in [-0.05, 0) is 67.3 Å². The zero-order valence-corrected chi connectivity index (χ0v) is 18.6. The fraction of sp³-hybridized carbons (Fsp3) is 0.111. The number of phenols is 1. The van der Waals surface area contributed by atoms with Crippen molar-refractivity contribution in [2.45, 2.75) is 10.9 Å². The van der Waals surface area contributed by atoms with Crippen LogP contribution in [0.5, 0.6) is 5.75 Å². The molecular weight excluding hydrogens is 510 g/mol. The molecule has 1 aromatic heterocycles. The number of aryl methyl sites for hydroxylation is 1. The smallest absolute Gasteiger partial charge is 0.271 e. The van der Waals surface area contributed by atoms with Crippen LogP contribution in [0.3, 0.4) is 0 Å². The molecule has 1 amide bonds. The molecule has 10 heteroatoms. The maximum Gasteiger partial charge on any atom is 0.271 e. The molecular formula is C18H15Br2N5O2S. The normalized spacial score (nSPS) is 11.1. The molecule has 0 unspecified atom stereocenters. The van der Waals surface area contributed by atoms with Gasteiger partial charge in [-0.25, -0.2) is 5.43 Å². The fourth-order valence-corrected chi connectivity index (χ4v) is 4.26. The summed E-state index contributed by atoms with van der Waals surface area (Å²) < 4.78 is 2.92. The SMILES string of the molecule is Cn1cnnc1SCc1ccc(C(=O)N/N=C/c2cc(Br)c(O)c(Br)c2)cc1. The summed E-state index contributed by atoms with van der Waals surface area (Å²) in [6.45, 7) is 0. The lowest BCUT2D eigenvalue weighted by Crippen LogP contribution is -2.17. The Morgan fingerprint density at radius 3 is 2.57 bits per heavy atom. The lowest BCUT2D eigenvalue weighted by Gasteiger charge is -2.04. The first-order chi connectivity index (χ1) is 13.4. The molecule has 0 saturated heterocycles. The molecule has 28 heavy (non-hydrogen) atoms. The molecule has 0 aliphatic rings. The molecule has 3 rings (SSSR count). The molecule has 0 fully saturated rings. The molecule has 0 spiro atoms. The highest BCUT2D eigenvalue weighted by atomic mass is 79.9. The van der Waals surface area contributed by atoms with Gasteiger partial charge in [-0.15, -0.1) is 10.2 Å². The van der Waals surface area contributed by atoms with Crippen LogP contribution in [0.2, 0.25) is 0 Å². The Labute approximate surface area is 182 Å². The predicted molar refractivity (Wildman–Crippen MR) is 116 cm³/mol. The topological polar surface area (TPSA) is 92.4 Å². The van der Waals surface area contributed by atoms with E-state index in [0.717, 1.165) is 16.5 Å². The van der Waals surface area contributed by atoms with E-state index in [9.17, 15) is 9.90 Å². The lowest BCUT2D eigenvalue weighted by molar-refractivity contribution is 0.0955. The Balaban J connectivity index is 1.56. The van der Waals surface area contributed by atoms with E-state index in [2.05, 4.69) is 52.6 Å². The summed E-state index contributed by atoms with van der Waals surface area (Å²) in [4.78, 5) is 12.2. The van der Waals surface area contributed by atoms with Gasteiger partial charge in [0.1, 0.15) is 12.1 Å². The number of hydrazone groups is 1. The van der Waals surface area contributed by atoms with E-state index < -0.39 is 0 Å². The Bertz CT molecular complexity index is 998. The minimum Gasteiger partial charge on any atom is -0.506 e. The number of nitrogens with zero attached hydrogens (tertiary/aromatic N) is 4. The summed E-state index contributed by atoms with van der Waals surface area (Å²) in [6.07, 6.45) is 3.16. The quantitative estimate of drug-likeness (QED) is 0.287. The number of halogens is 2. The van der Waals surface area contributed by atoms with Crippen molar-refractivity contribution in [3.63, 3.8) is 0 Å². The summed E-state index contributed by atoms with van der Waals surface area (Å²) in [5.41, 5.74) is 4.80. The number of amides is 1. The Morgan fingerprint density at radius 1 is 1.29 bits per heavy atom. The van der Waals surface area contributed by atoms with E-state index in [-0.39, 0.29) is 11.7 Å². The van der Waals surface area contributed by atoms with Gasteiger partial charge in [-0.2, -0.15) is 5.10 Å². The number of hydrogen-bond acceptors (Lipinski definition) is 6. The van der Waals surface area contributed by atoms with Gasteiger partial charge >= 0.3 is 0 Å². The van der Waals surface area contributed by atoms with Gasteiger partial charge in [-0.1, -0.05) is 23.9 Å². The number of thioether (sulfide) groups is 1. The third-order valence-electron chi connectivity index (χ3n) is 3.67. The molecule has 3 aromatic rings. The first kappa shape index (κ1) is 20.6. The zero-order chi connectivity index (χ0) is 20.1. The van der Waals surface area contributed by atoms with Crippen LogP contribution in [0, 0.1) is 0 Å². The zero-order valence-electron chi connectivity index (χ0n) is 14.6. The third-order valence-corrected chi connectivity index (χ3v) is 5.99. The van der Waals surface area contributed by atoms with Crippen LogP contribution in [0.25, 0.3) is 0 Å². The maximum atomic E-state index is 12.2. The first-order valence-corrected chi connectivity index (χ1v) is 10.6. The molecule has 7 nitrogen and oxygen atoms in total. The van der Waals surface area contributed by atoms with E-state index in [1.807, 2.05) is 23.7 Å². The van der Waals surface area contributed by atoms with Crippen LogP contribution in [0.1, 0.15) is 21.5 Å². The number of hydrogen-bond donors (Lipinski definition) is 2. The highest BCUT2D eigenvalue weighted by Crippen LogP contribution is 2.32. The summed E-state index contributed by atoms with van der Waals surface area (Å²) in [6, 6.07) is 10.7. The van der Waals surface area contributed by atoms with E-state index in [1.54, 1.807) is 42.4 Å². The largest absolute Gasteiger partial charge is 0.506 e. The molecule has 2 aromatic carbocycles. The number of aromatic hydroxyl groups is 1. The van der Waals surface area contributed by atoms with Crippen LogP contribution in [-0.2, 0) is 12.8 Å². The van der Waals surface area contributed by atoms with Gasteiger partial charge in [0.25, 0.3) is 5.91 Å². The molecule has 0 atom stereocenters. The fourth-order valence-electron chi connectivity index (χ4n) is 2.19. The number of aromatic nitrogens is 3. The monoisotopic (exact) mass is 523 g/mol. The molecule has 0 saturated carbocycles. The van der Waals surface area contributed by atoms with Crippen molar-refractivity contribution in [1.82, 2.24) is 20.2 Å². The molecule has 2 N–H and O–H groups in total. The van der Waals surface area contributed by atoms with Gasteiger partial charge in [0, 0.05) is 18.4 Å². The van der Waals surface area contributed by atoms with Crippen molar-refractivity contribution in [1.29, 1.82) is 0 Å². The molecule has 144 valence electrons. The minimum absolute atomic E-state index is 0.110. The van der Waals surface area contributed by atoms with Gasteiger partial charge in [-0.3, -0.25) is 4.79 Å². The van der Waals surface area contributed by atoms with Crippen molar-refractivity contribution < 1.29 is 9.90 Å². The van der Waals surface area contributed by atoms with Gasteiger partial charge in [0.15, 0.2) is 5.16 Å². The predicted octanol–water partition coefficient (Wildman–Crippen LogP) is 4.10. The Kier molecular flexibility index (Phi) is 6.87. The molecule has 1 heterocycles. The van der Waals surface area contributed by atoms with Crippen molar-refractivity contribution >= 4 is 55.7 Å². The highest BCUT2D eigenvalue weighted by molar-refractivity contribution is 9.11. The second-order valence-electron chi connectivity index (χ2n) is 5.74. The van der Waals surface area contributed by atoms with Crippen LogP contribution in [-0.4, -0.2) is 32.0 Å². The Hall–Kier alpha value is -2.17. The summed E-state index contributed by atoms with van der Waals surface area (Å²) in [5.74, 6) is 0.538. The molecule has 0 aliphatic heterocycles. The van der Waals surface area contributed by atoms with E-state index in [0.29, 0.717) is 20.1 Å². The van der Waals surface area contributed by atoms with E-state index in [1.165, 1.54) is 6.21 Å². The van der Waals surface area contributed by atoms with Crippen molar-refractivity contribution in [3.8, 4) is 5.75 Å². The van der Waals surface area contributed by atoms with Gasteiger partial charge < -0.3 is 9.67 Å². The van der Waals surface area contributed by atoms with E-state index in [4.69, 9.17) is 0 Å². The molecule has 0 radical (unpaired) electrons. The van der Waals surface area contributed by atoms with Crippen molar-refractivity contribution in [2.24, 2.45) is 12.1 Å². The minimum atomic E-state index is -0.305. The summed E-state index contributed by atoms with van der Waals surface area (Å²) >= 11 is 8.08. The number of nitrogens with one attached hydrogen (secondary N) is 1. The third kappa shape index (κ3) is 5.21. The lowest BCUT2D eigenvalue weighted by atomic mass is 10.1. The average Bonchev–Trinajstić information content (AvgIpc) is 3.09. The summed E-state index contributed by atoms with van der Waals surface area (Å²) in [5, 5.41) is 22.4. The number of carbonyl (C=O) groups is 1.